The molecule has 0 aliphatic heterocycles. The average Bonchev–Trinajstić information content (AvgIpc) is 3.13. The molecule has 0 saturated heterocycles. The van der Waals surface area contributed by atoms with E-state index in [-0.39, 0.29) is 5.91 Å². The van der Waals surface area contributed by atoms with Crippen molar-refractivity contribution in [3.63, 3.8) is 0 Å². The van der Waals surface area contributed by atoms with Crippen LogP contribution < -0.4 is 10.1 Å². The number of hydrogen-bond donors (Lipinski definition) is 1. The summed E-state index contributed by atoms with van der Waals surface area (Å²) in [5.74, 6) is 0.794. The van der Waals surface area contributed by atoms with Crippen LogP contribution in [-0.4, -0.2) is 15.7 Å². The van der Waals surface area contributed by atoms with Crippen LogP contribution in [0.15, 0.2) is 81.9 Å². The molecule has 1 amide bonds. The van der Waals surface area contributed by atoms with Gasteiger partial charge in [0, 0.05) is 21.3 Å². The molecule has 5 nitrogen and oxygen atoms in total. The summed E-state index contributed by atoms with van der Waals surface area (Å²) in [6.07, 6.45) is 1.82. The van der Waals surface area contributed by atoms with Crippen LogP contribution in [0.3, 0.4) is 0 Å². The van der Waals surface area contributed by atoms with Crippen molar-refractivity contribution >= 4 is 66.8 Å². The van der Waals surface area contributed by atoms with Crippen molar-refractivity contribution in [2.24, 2.45) is 0 Å². The number of carbonyl (C=O) groups excluding carboxylic acids is 1. The van der Waals surface area contributed by atoms with E-state index in [4.69, 9.17) is 27.9 Å². The molecule has 1 heterocycles. The maximum absolute atomic E-state index is 12.7. The summed E-state index contributed by atoms with van der Waals surface area (Å²) in [4.78, 5) is 12.7. The van der Waals surface area contributed by atoms with Crippen LogP contribution in [0.25, 0.3) is 0 Å². The lowest BCUT2D eigenvalue weighted by Gasteiger charge is -2.09. The number of nitrogens with one attached hydrogen (secondary N) is 1. The van der Waals surface area contributed by atoms with E-state index in [2.05, 4.69) is 42.3 Å². The molecule has 4 rings (SSSR count). The first-order valence-electron chi connectivity index (χ1n) is 9.83. The third-order valence-corrected chi connectivity index (χ3v) is 6.33. The van der Waals surface area contributed by atoms with E-state index in [9.17, 15) is 4.79 Å². The molecule has 0 unspecified atom stereocenters. The maximum atomic E-state index is 12.7. The quantitative estimate of drug-likeness (QED) is 0.235. The van der Waals surface area contributed by atoms with Crippen molar-refractivity contribution in [1.82, 2.24) is 9.78 Å². The normalized spacial score (nSPS) is 10.8. The van der Waals surface area contributed by atoms with Crippen molar-refractivity contribution < 1.29 is 9.53 Å². The number of nitrogens with zero attached hydrogens (tertiary/aromatic N) is 2. The Bertz CT molecular complexity index is 1280. The topological polar surface area (TPSA) is 56.2 Å². The van der Waals surface area contributed by atoms with Gasteiger partial charge in [-0.25, -0.2) is 0 Å². The second-order valence-corrected chi connectivity index (χ2v) is 9.78. The Labute approximate surface area is 217 Å². The lowest BCUT2D eigenvalue weighted by Crippen LogP contribution is -2.13. The summed E-state index contributed by atoms with van der Waals surface area (Å²) in [5, 5.41) is 8.51. The van der Waals surface area contributed by atoms with E-state index in [1.54, 1.807) is 28.9 Å². The molecule has 0 aliphatic rings. The number of carbonyl (C=O) groups is 1. The van der Waals surface area contributed by atoms with E-state index in [0.717, 1.165) is 15.6 Å². The first-order chi connectivity index (χ1) is 15.9. The second kappa shape index (κ2) is 10.7. The zero-order valence-electron chi connectivity index (χ0n) is 17.1. The molecule has 0 spiro atoms. The van der Waals surface area contributed by atoms with Crippen molar-refractivity contribution in [3.05, 3.63) is 109 Å². The van der Waals surface area contributed by atoms with Gasteiger partial charge in [-0.1, -0.05) is 63.4 Å². The van der Waals surface area contributed by atoms with Gasteiger partial charge in [-0.15, -0.1) is 0 Å². The Morgan fingerprint density at radius 2 is 1.67 bits per heavy atom. The number of ether oxygens (including phenoxy) is 1. The van der Waals surface area contributed by atoms with Gasteiger partial charge >= 0.3 is 0 Å². The third kappa shape index (κ3) is 6.38. The fourth-order valence-corrected chi connectivity index (χ4v) is 4.29. The van der Waals surface area contributed by atoms with Crippen LogP contribution in [0.4, 0.5) is 5.82 Å². The Balaban J connectivity index is 1.36. The fourth-order valence-electron chi connectivity index (χ4n) is 3.03. The average molecular weight is 610 g/mol. The second-order valence-electron chi connectivity index (χ2n) is 7.16. The summed E-state index contributed by atoms with van der Waals surface area (Å²) in [7, 11) is 0. The Kier molecular flexibility index (Phi) is 7.75. The van der Waals surface area contributed by atoms with Crippen LogP contribution in [0.5, 0.6) is 5.75 Å². The molecule has 0 saturated carbocycles. The van der Waals surface area contributed by atoms with Gasteiger partial charge in [0.2, 0.25) is 0 Å². The zero-order valence-corrected chi connectivity index (χ0v) is 21.7. The van der Waals surface area contributed by atoms with E-state index in [1.165, 1.54) is 0 Å². The van der Waals surface area contributed by atoms with Gasteiger partial charge in [0.05, 0.1) is 16.0 Å². The largest absolute Gasteiger partial charge is 0.487 e. The molecule has 4 aromatic rings. The predicted octanol–water partition coefficient (Wildman–Crippen LogP) is 7.59. The van der Waals surface area contributed by atoms with Crippen molar-refractivity contribution in [1.29, 1.82) is 0 Å². The smallest absolute Gasteiger partial charge is 0.256 e. The van der Waals surface area contributed by atoms with Gasteiger partial charge in [-0.2, -0.15) is 5.10 Å². The standard InChI is InChI=1S/C24H17Br2Cl2N3O2/c25-18-7-10-22(21(28)11-18)33-14-16-1-5-17(6-2-16)24(32)29-23-20(26)13-31(30-23)12-15-3-8-19(27)9-4-15/h1-11,13H,12,14H2,(H,29,30,32). The molecule has 0 atom stereocenters. The molecular weight excluding hydrogens is 593 g/mol. The Morgan fingerprint density at radius 3 is 2.36 bits per heavy atom. The lowest BCUT2D eigenvalue weighted by atomic mass is 10.1. The first-order valence-corrected chi connectivity index (χ1v) is 12.2. The van der Waals surface area contributed by atoms with E-state index in [1.807, 2.05) is 48.7 Å². The summed E-state index contributed by atoms with van der Waals surface area (Å²) >= 11 is 18.9. The molecule has 3 aromatic carbocycles. The number of rotatable bonds is 7. The van der Waals surface area contributed by atoms with E-state index < -0.39 is 0 Å². The molecule has 168 valence electrons. The SMILES string of the molecule is O=C(Nc1nn(Cc2ccc(Cl)cc2)cc1Br)c1ccc(COc2ccc(Br)cc2Cl)cc1. The zero-order chi connectivity index (χ0) is 23.4. The van der Waals surface area contributed by atoms with E-state index >= 15 is 0 Å². The minimum atomic E-state index is -0.254. The highest BCUT2D eigenvalue weighted by molar-refractivity contribution is 9.10. The van der Waals surface area contributed by atoms with Gasteiger partial charge in [-0.05, 0) is 69.5 Å². The highest BCUT2D eigenvalue weighted by atomic mass is 79.9. The molecule has 0 bridgehead atoms. The fraction of sp³-hybridized carbons (Fsp3) is 0.0833. The van der Waals surface area contributed by atoms with Gasteiger partial charge < -0.3 is 10.1 Å². The summed E-state index contributed by atoms with van der Waals surface area (Å²) < 4.78 is 9.10. The van der Waals surface area contributed by atoms with Crippen molar-refractivity contribution in [2.45, 2.75) is 13.2 Å². The summed E-state index contributed by atoms with van der Waals surface area (Å²) in [6.45, 7) is 0.895. The lowest BCUT2D eigenvalue weighted by molar-refractivity contribution is 0.102. The molecule has 9 heteroatoms. The first kappa shape index (κ1) is 23.8. The van der Waals surface area contributed by atoms with Gasteiger partial charge in [0.15, 0.2) is 5.82 Å². The molecule has 0 fully saturated rings. The Hall–Kier alpha value is -2.32. The monoisotopic (exact) mass is 607 g/mol. The molecule has 1 aromatic heterocycles. The highest BCUT2D eigenvalue weighted by Gasteiger charge is 2.13. The number of benzene rings is 3. The minimum absolute atomic E-state index is 0.254. The van der Waals surface area contributed by atoms with E-state index in [0.29, 0.717) is 44.8 Å². The van der Waals surface area contributed by atoms with Gasteiger partial charge in [0.1, 0.15) is 12.4 Å². The van der Waals surface area contributed by atoms with Gasteiger partial charge in [0.25, 0.3) is 5.91 Å². The van der Waals surface area contributed by atoms with Gasteiger partial charge in [-0.3, -0.25) is 9.48 Å². The number of aromatic nitrogens is 2. The van der Waals surface area contributed by atoms with Crippen LogP contribution >= 0.6 is 55.1 Å². The van der Waals surface area contributed by atoms with Crippen molar-refractivity contribution in [2.75, 3.05) is 5.32 Å². The van der Waals surface area contributed by atoms with Crippen LogP contribution in [-0.2, 0) is 13.2 Å². The maximum Gasteiger partial charge on any atom is 0.256 e. The Morgan fingerprint density at radius 1 is 0.970 bits per heavy atom. The number of anilines is 1. The highest BCUT2D eigenvalue weighted by Crippen LogP contribution is 2.28. The number of amides is 1. The molecule has 1 N–H and O–H groups in total. The molecular formula is C24H17Br2Cl2N3O2. The summed E-state index contributed by atoms with van der Waals surface area (Å²) in [6, 6.07) is 20.2. The number of halogens is 4. The van der Waals surface area contributed by atoms with Crippen LogP contribution in [0.2, 0.25) is 10.0 Å². The predicted molar refractivity (Wildman–Crippen MR) is 138 cm³/mol. The van der Waals surface area contributed by atoms with Crippen LogP contribution in [0.1, 0.15) is 21.5 Å². The molecule has 0 aliphatic carbocycles. The number of hydrogen-bond acceptors (Lipinski definition) is 3. The minimum Gasteiger partial charge on any atom is -0.487 e. The third-order valence-electron chi connectivity index (χ3n) is 4.71. The van der Waals surface area contributed by atoms with Crippen molar-refractivity contribution in [3.8, 4) is 5.75 Å². The summed E-state index contributed by atoms with van der Waals surface area (Å²) in [5.41, 5.74) is 2.48. The molecule has 0 radical (unpaired) electrons. The molecule has 33 heavy (non-hydrogen) atoms. The van der Waals surface area contributed by atoms with Crippen LogP contribution in [0, 0.1) is 0 Å².